The van der Waals surface area contributed by atoms with Crippen molar-refractivity contribution < 1.29 is 14.4 Å². The van der Waals surface area contributed by atoms with Crippen LogP contribution in [0.3, 0.4) is 0 Å². The molecule has 1 aliphatic heterocycles. The van der Waals surface area contributed by atoms with Gasteiger partial charge in [0.2, 0.25) is 11.8 Å². The van der Waals surface area contributed by atoms with Gasteiger partial charge in [-0.3, -0.25) is 14.4 Å². The summed E-state index contributed by atoms with van der Waals surface area (Å²) in [6, 6.07) is 17.1. The molecule has 1 N–H and O–H groups in total. The standard InChI is InChI=1S/C22H24N2O3/c1-16(25)18-10-5-11-20(13-18)24-15-19(14-21(24)26)22(27)23-12-6-9-17-7-3-2-4-8-17/h2-5,7-8,10-11,13,19H,6,9,12,14-15H2,1H3,(H,23,27). The number of aryl methyl sites for hydroxylation is 1. The summed E-state index contributed by atoms with van der Waals surface area (Å²) in [4.78, 5) is 37.9. The molecule has 0 aromatic heterocycles. The summed E-state index contributed by atoms with van der Waals surface area (Å²) in [5.41, 5.74) is 2.49. The van der Waals surface area contributed by atoms with Crippen LogP contribution in [0, 0.1) is 5.92 Å². The van der Waals surface area contributed by atoms with E-state index >= 15 is 0 Å². The lowest BCUT2D eigenvalue weighted by atomic mass is 10.1. The van der Waals surface area contributed by atoms with Crippen molar-refractivity contribution in [3.8, 4) is 0 Å². The van der Waals surface area contributed by atoms with E-state index in [4.69, 9.17) is 0 Å². The second-order valence-corrected chi connectivity index (χ2v) is 6.89. The van der Waals surface area contributed by atoms with E-state index in [1.54, 1.807) is 29.2 Å². The number of nitrogens with zero attached hydrogens (tertiary/aromatic N) is 1. The molecule has 1 saturated heterocycles. The van der Waals surface area contributed by atoms with E-state index < -0.39 is 0 Å². The Morgan fingerprint density at radius 1 is 1.11 bits per heavy atom. The number of hydrogen-bond donors (Lipinski definition) is 1. The van der Waals surface area contributed by atoms with Crippen LogP contribution in [0.1, 0.15) is 35.7 Å². The van der Waals surface area contributed by atoms with Crippen LogP contribution < -0.4 is 10.2 Å². The summed E-state index contributed by atoms with van der Waals surface area (Å²) in [6.07, 6.45) is 1.98. The molecule has 0 spiro atoms. The summed E-state index contributed by atoms with van der Waals surface area (Å²) in [7, 11) is 0. The molecule has 1 aliphatic rings. The van der Waals surface area contributed by atoms with E-state index in [0.717, 1.165) is 12.8 Å². The van der Waals surface area contributed by atoms with Gasteiger partial charge in [0.1, 0.15) is 0 Å². The van der Waals surface area contributed by atoms with Crippen LogP contribution in [0.25, 0.3) is 0 Å². The molecule has 0 bridgehead atoms. The van der Waals surface area contributed by atoms with Gasteiger partial charge in [-0.1, -0.05) is 42.5 Å². The fourth-order valence-corrected chi connectivity index (χ4v) is 3.32. The van der Waals surface area contributed by atoms with Crippen molar-refractivity contribution in [3.63, 3.8) is 0 Å². The maximum absolute atomic E-state index is 12.4. The molecule has 2 aromatic rings. The predicted molar refractivity (Wildman–Crippen MR) is 105 cm³/mol. The molecule has 2 amide bonds. The van der Waals surface area contributed by atoms with E-state index in [-0.39, 0.29) is 29.9 Å². The number of nitrogens with one attached hydrogen (secondary N) is 1. The molecular weight excluding hydrogens is 340 g/mol. The Balaban J connectivity index is 1.51. The smallest absolute Gasteiger partial charge is 0.227 e. The van der Waals surface area contributed by atoms with Crippen LogP contribution in [0.2, 0.25) is 0 Å². The number of anilines is 1. The molecule has 3 rings (SSSR count). The largest absolute Gasteiger partial charge is 0.356 e. The van der Waals surface area contributed by atoms with Gasteiger partial charge >= 0.3 is 0 Å². The van der Waals surface area contributed by atoms with Crippen molar-refractivity contribution in [1.82, 2.24) is 5.32 Å². The number of ketones is 1. The third-order valence-corrected chi connectivity index (χ3v) is 4.84. The van der Waals surface area contributed by atoms with Crippen LogP contribution in [-0.2, 0) is 16.0 Å². The van der Waals surface area contributed by atoms with Crippen molar-refractivity contribution >= 4 is 23.3 Å². The number of benzene rings is 2. The van der Waals surface area contributed by atoms with E-state index in [0.29, 0.717) is 24.3 Å². The van der Waals surface area contributed by atoms with Gasteiger partial charge in [-0.2, -0.15) is 0 Å². The molecule has 2 aromatic carbocycles. The van der Waals surface area contributed by atoms with Gasteiger partial charge in [0.25, 0.3) is 0 Å². The lowest BCUT2D eigenvalue weighted by molar-refractivity contribution is -0.126. The zero-order valence-corrected chi connectivity index (χ0v) is 15.5. The van der Waals surface area contributed by atoms with Gasteiger partial charge < -0.3 is 10.2 Å². The van der Waals surface area contributed by atoms with Crippen molar-refractivity contribution in [1.29, 1.82) is 0 Å². The van der Waals surface area contributed by atoms with Crippen LogP contribution in [0.15, 0.2) is 54.6 Å². The van der Waals surface area contributed by atoms with Gasteiger partial charge in [0.15, 0.2) is 5.78 Å². The molecule has 0 radical (unpaired) electrons. The number of Topliss-reactive ketones (excluding diaryl/α,β-unsaturated/α-hetero) is 1. The number of rotatable bonds is 7. The molecule has 140 valence electrons. The van der Waals surface area contributed by atoms with Crippen molar-refractivity contribution in [2.75, 3.05) is 18.0 Å². The lowest BCUT2D eigenvalue weighted by Gasteiger charge is -2.17. The summed E-state index contributed by atoms with van der Waals surface area (Å²) in [6.45, 7) is 2.44. The Morgan fingerprint density at radius 3 is 2.63 bits per heavy atom. The van der Waals surface area contributed by atoms with E-state index in [1.807, 2.05) is 18.2 Å². The van der Waals surface area contributed by atoms with Crippen LogP contribution >= 0.6 is 0 Å². The quantitative estimate of drug-likeness (QED) is 0.607. The third kappa shape index (κ3) is 4.82. The van der Waals surface area contributed by atoms with E-state index in [9.17, 15) is 14.4 Å². The van der Waals surface area contributed by atoms with Crippen LogP contribution in [-0.4, -0.2) is 30.7 Å². The van der Waals surface area contributed by atoms with Gasteiger partial charge in [-0.05, 0) is 37.5 Å². The zero-order chi connectivity index (χ0) is 19.2. The first kappa shape index (κ1) is 18.8. The fraction of sp³-hybridized carbons (Fsp3) is 0.318. The topological polar surface area (TPSA) is 66.5 Å². The molecule has 0 saturated carbocycles. The number of carbonyl (C=O) groups excluding carboxylic acids is 3. The van der Waals surface area contributed by atoms with Crippen LogP contribution in [0.4, 0.5) is 5.69 Å². The van der Waals surface area contributed by atoms with E-state index in [2.05, 4.69) is 17.4 Å². The maximum Gasteiger partial charge on any atom is 0.227 e. The highest BCUT2D eigenvalue weighted by Gasteiger charge is 2.35. The average molecular weight is 364 g/mol. The summed E-state index contributed by atoms with van der Waals surface area (Å²) in [5.74, 6) is -0.562. The average Bonchev–Trinajstić information content (AvgIpc) is 3.08. The Bertz CT molecular complexity index is 832. The van der Waals surface area contributed by atoms with Crippen molar-refractivity contribution in [2.45, 2.75) is 26.2 Å². The zero-order valence-electron chi connectivity index (χ0n) is 15.5. The minimum Gasteiger partial charge on any atom is -0.356 e. The van der Waals surface area contributed by atoms with Crippen LogP contribution in [0.5, 0.6) is 0 Å². The molecule has 1 unspecified atom stereocenters. The lowest BCUT2D eigenvalue weighted by Crippen LogP contribution is -2.33. The molecule has 1 heterocycles. The van der Waals surface area contributed by atoms with Crippen molar-refractivity contribution in [3.05, 3.63) is 65.7 Å². The molecule has 0 aliphatic carbocycles. The highest BCUT2D eigenvalue weighted by molar-refractivity contribution is 6.02. The molecule has 5 nitrogen and oxygen atoms in total. The minimum absolute atomic E-state index is 0.0452. The monoisotopic (exact) mass is 364 g/mol. The number of amides is 2. The summed E-state index contributed by atoms with van der Waals surface area (Å²) < 4.78 is 0. The highest BCUT2D eigenvalue weighted by Crippen LogP contribution is 2.26. The Hall–Kier alpha value is -2.95. The normalized spacial score (nSPS) is 16.4. The second-order valence-electron chi connectivity index (χ2n) is 6.89. The second kappa shape index (κ2) is 8.62. The van der Waals surface area contributed by atoms with Crippen molar-refractivity contribution in [2.24, 2.45) is 5.92 Å². The molecule has 27 heavy (non-hydrogen) atoms. The maximum atomic E-state index is 12.4. The fourth-order valence-electron chi connectivity index (χ4n) is 3.32. The van der Waals surface area contributed by atoms with E-state index in [1.165, 1.54) is 12.5 Å². The molecule has 1 atom stereocenters. The first-order chi connectivity index (χ1) is 13.0. The molecule has 1 fully saturated rings. The first-order valence-corrected chi connectivity index (χ1v) is 9.27. The summed E-state index contributed by atoms with van der Waals surface area (Å²) in [5, 5.41) is 2.95. The predicted octanol–water partition coefficient (Wildman–Crippen LogP) is 2.99. The SMILES string of the molecule is CC(=O)c1cccc(N2CC(C(=O)NCCCc3ccccc3)CC2=O)c1. The van der Waals surface area contributed by atoms with Gasteiger partial charge in [0, 0.05) is 30.8 Å². The highest BCUT2D eigenvalue weighted by atomic mass is 16.2. The summed E-state index contributed by atoms with van der Waals surface area (Å²) >= 11 is 0. The molecular formula is C22H24N2O3. The van der Waals surface area contributed by atoms with Gasteiger partial charge in [-0.25, -0.2) is 0 Å². The van der Waals surface area contributed by atoms with Gasteiger partial charge in [0.05, 0.1) is 5.92 Å². The third-order valence-electron chi connectivity index (χ3n) is 4.84. The first-order valence-electron chi connectivity index (χ1n) is 9.27. The molecule has 5 heteroatoms. The van der Waals surface area contributed by atoms with Gasteiger partial charge in [-0.15, -0.1) is 0 Å². The Kier molecular flexibility index (Phi) is 6.01. The number of hydrogen-bond acceptors (Lipinski definition) is 3. The number of carbonyl (C=O) groups is 3. The Labute approximate surface area is 159 Å². The Morgan fingerprint density at radius 2 is 1.89 bits per heavy atom. The minimum atomic E-state index is -0.352.